The van der Waals surface area contributed by atoms with E-state index in [9.17, 15) is 14.0 Å². The predicted octanol–water partition coefficient (Wildman–Crippen LogP) is 2.98. The average molecular weight is 311 g/mol. The second kappa shape index (κ2) is 7.89. The molecule has 0 aliphatic heterocycles. The maximum Gasteiger partial charge on any atom is 0.408 e. The molecule has 0 fully saturated rings. The monoisotopic (exact) mass is 311 g/mol. The Morgan fingerprint density at radius 2 is 1.82 bits per heavy atom. The molecule has 122 valence electrons. The van der Waals surface area contributed by atoms with Crippen molar-refractivity contribution in [3.63, 3.8) is 0 Å². The predicted molar refractivity (Wildman–Crippen MR) is 80.0 cm³/mol. The number of carbonyl (C=O) groups excluding carboxylic acids is 2. The SMILES string of the molecule is C[C@@H](OCc1ccccc1)[C@H](NC(=O)OC(C)(C)C)C(=O)F. The van der Waals surface area contributed by atoms with Gasteiger partial charge in [0.2, 0.25) is 0 Å². The van der Waals surface area contributed by atoms with Crippen molar-refractivity contribution >= 4 is 12.1 Å². The first-order chi connectivity index (χ1) is 10.2. The maximum absolute atomic E-state index is 13.1. The van der Waals surface area contributed by atoms with Gasteiger partial charge in [-0.2, -0.15) is 4.39 Å². The number of amides is 1. The van der Waals surface area contributed by atoms with E-state index < -0.39 is 29.9 Å². The molecule has 1 N–H and O–H groups in total. The van der Waals surface area contributed by atoms with Gasteiger partial charge in [0, 0.05) is 0 Å². The van der Waals surface area contributed by atoms with Crippen molar-refractivity contribution in [3.05, 3.63) is 35.9 Å². The molecule has 0 bridgehead atoms. The maximum atomic E-state index is 13.1. The number of halogens is 1. The largest absolute Gasteiger partial charge is 0.444 e. The highest BCUT2D eigenvalue weighted by molar-refractivity contribution is 5.81. The number of rotatable bonds is 6. The Morgan fingerprint density at radius 1 is 1.23 bits per heavy atom. The zero-order valence-electron chi connectivity index (χ0n) is 13.3. The topological polar surface area (TPSA) is 64.6 Å². The van der Waals surface area contributed by atoms with Gasteiger partial charge in [-0.15, -0.1) is 0 Å². The van der Waals surface area contributed by atoms with E-state index in [1.807, 2.05) is 30.3 Å². The van der Waals surface area contributed by atoms with E-state index in [2.05, 4.69) is 5.32 Å². The first kappa shape index (κ1) is 18.1. The van der Waals surface area contributed by atoms with Crippen LogP contribution in [-0.2, 0) is 20.9 Å². The van der Waals surface area contributed by atoms with Gasteiger partial charge in [-0.1, -0.05) is 30.3 Å². The van der Waals surface area contributed by atoms with E-state index in [1.54, 1.807) is 20.8 Å². The Kier molecular flexibility index (Phi) is 6.49. The molecular weight excluding hydrogens is 289 g/mol. The lowest BCUT2D eigenvalue weighted by Crippen LogP contribution is -2.48. The molecule has 0 saturated heterocycles. The fourth-order valence-corrected chi connectivity index (χ4v) is 1.69. The molecule has 0 aliphatic rings. The highest BCUT2D eigenvalue weighted by Gasteiger charge is 2.29. The molecule has 5 nitrogen and oxygen atoms in total. The van der Waals surface area contributed by atoms with Crippen LogP contribution < -0.4 is 5.32 Å². The van der Waals surface area contributed by atoms with E-state index in [4.69, 9.17) is 9.47 Å². The summed E-state index contributed by atoms with van der Waals surface area (Å²) in [5.41, 5.74) is 0.152. The van der Waals surface area contributed by atoms with E-state index >= 15 is 0 Å². The van der Waals surface area contributed by atoms with Gasteiger partial charge in [-0.05, 0) is 33.3 Å². The molecule has 0 aliphatic carbocycles. The van der Waals surface area contributed by atoms with Crippen LogP contribution in [0.4, 0.5) is 9.18 Å². The number of nitrogens with one attached hydrogen (secondary N) is 1. The number of hydrogen-bond donors (Lipinski definition) is 1. The smallest absolute Gasteiger partial charge is 0.408 e. The van der Waals surface area contributed by atoms with Gasteiger partial charge >= 0.3 is 12.1 Å². The highest BCUT2D eigenvalue weighted by atomic mass is 19.1. The molecule has 0 radical (unpaired) electrons. The van der Waals surface area contributed by atoms with Crippen molar-refractivity contribution < 1.29 is 23.5 Å². The summed E-state index contributed by atoms with van der Waals surface area (Å²) in [6.45, 7) is 6.75. The van der Waals surface area contributed by atoms with Crippen LogP contribution in [0.15, 0.2) is 30.3 Å². The fourth-order valence-electron chi connectivity index (χ4n) is 1.69. The highest BCUT2D eigenvalue weighted by Crippen LogP contribution is 2.10. The van der Waals surface area contributed by atoms with Crippen LogP contribution in [0.3, 0.4) is 0 Å². The van der Waals surface area contributed by atoms with Gasteiger partial charge in [-0.3, -0.25) is 4.79 Å². The molecule has 6 heteroatoms. The third kappa shape index (κ3) is 6.67. The first-order valence-corrected chi connectivity index (χ1v) is 7.03. The molecule has 22 heavy (non-hydrogen) atoms. The molecule has 2 atom stereocenters. The van der Waals surface area contributed by atoms with Crippen LogP contribution in [0.5, 0.6) is 0 Å². The molecule has 1 rings (SSSR count). The molecule has 0 aromatic heterocycles. The van der Waals surface area contributed by atoms with Crippen LogP contribution in [0.1, 0.15) is 33.3 Å². The Bertz CT molecular complexity index is 499. The summed E-state index contributed by atoms with van der Waals surface area (Å²) in [7, 11) is 0. The summed E-state index contributed by atoms with van der Waals surface area (Å²) in [6, 6.07) is 6.18. The molecular formula is C16H22FNO4. The van der Waals surface area contributed by atoms with E-state index in [1.165, 1.54) is 6.92 Å². The molecule has 0 heterocycles. The number of benzene rings is 1. The van der Waals surface area contributed by atoms with Gasteiger partial charge in [0.15, 0.2) is 0 Å². The zero-order valence-corrected chi connectivity index (χ0v) is 13.3. The van der Waals surface area contributed by atoms with Crippen LogP contribution in [0.2, 0.25) is 0 Å². The summed E-state index contributed by atoms with van der Waals surface area (Å²) < 4.78 is 23.6. The fraction of sp³-hybridized carbons (Fsp3) is 0.500. The Balaban J connectivity index is 2.58. The summed E-state index contributed by atoms with van der Waals surface area (Å²) in [5.74, 6) is 0. The molecule has 0 unspecified atom stereocenters. The molecule has 1 amide bonds. The number of hydrogen-bond acceptors (Lipinski definition) is 4. The second-order valence-electron chi connectivity index (χ2n) is 5.93. The Labute approximate surface area is 129 Å². The number of alkyl carbamates (subject to hydrolysis) is 1. The van der Waals surface area contributed by atoms with E-state index in [-0.39, 0.29) is 6.61 Å². The van der Waals surface area contributed by atoms with Crippen molar-refractivity contribution in [1.29, 1.82) is 0 Å². The minimum absolute atomic E-state index is 0.210. The van der Waals surface area contributed by atoms with Crippen LogP contribution in [0, 0.1) is 0 Å². The minimum atomic E-state index is -1.67. The van der Waals surface area contributed by atoms with Crippen molar-refractivity contribution in [2.24, 2.45) is 0 Å². The van der Waals surface area contributed by atoms with Crippen LogP contribution in [0.25, 0.3) is 0 Å². The van der Waals surface area contributed by atoms with Gasteiger partial charge in [0.05, 0.1) is 12.7 Å². The summed E-state index contributed by atoms with van der Waals surface area (Å²) in [5, 5.41) is 2.20. The van der Waals surface area contributed by atoms with Gasteiger partial charge in [0.1, 0.15) is 11.6 Å². The Morgan fingerprint density at radius 3 is 2.32 bits per heavy atom. The zero-order chi connectivity index (χ0) is 16.8. The van der Waals surface area contributed by atoms with Gasteiger partial charge < -0.3 is 14.8 Å². The van der Waals surface area contributed by atoms with Gasteiger partial charge in [-0.25, -0.2) is 4.79 Å². The lowest BCUT2D eigenvalue weighted by atomic mass is 10.2. The standard InChI is InChI=1S/C16H22FNO4/c1-11(21-10-12-8-6-5-7-9-12)13(14(17)19)18-15(20)22-16(2,3)4/h5-9,11,13H,10H2,1-4H3,(H,18,20)/t11-,13+/m1/s1. The summed E-state index contributed by atoms with van der Waals surface area (Å²) >= 11 is 0. The lowest BCUT2D eigenvalue weighted by Gasteiger charge is -2.24. The summed E-state index contributed by atoms with van der Waals surface area (Å²) in [4.78, 5) is 22.7. The average Bonchev–Trinajstić information content (AvgIpc) is 2.41. The normalized spacial score (nSPS) is 14.0. The third-order valence-electron chi connectivity index (χ3n) is 2.74. The van der Waals surface area contributed by atoms with Crippen molar-refractivity contribution in [2.75, 3.05) is 0 Å². The van der Waals surface area contributed by atoms with Crippen LogP contribution in [-0.4, -0.2) is 29.9 Å². The summed E-state index contributed by atoms with van der Waals surface area (Å²) in [6.07, 6.45) is -1.69. The first-order valence-electron chi connectivity index (χ1n) is 7.03. The number of carbonyl (C=O) groups is 2. The van der Waals surface area contributed by atoms with Crippen molar-refractivity contribution in [2.45, 2.75) is 52.0 Å². The number of ether oxygens (including phenoxy) is 2. The van der Waals surface area contributed by atoms with Crippen molar-refractivity contribution in [1.82, 2.24) is 5.32 Å². The third-order valence-corrected chi connectivity index (χ3v) is 2.74. The molecule has 1 aromatic carbocycles. The van der Waals surface area contributed by atoms with Gasteiger partial charge in [0.25, 0.3) is 0 Å². The lowest BCUT2D eigenvalue weighted by molar-refractivity contribution is -0.135. The molecule has 1 aromatic rings. The van der Waals surface area contributed by atoms with E-state index in [0.717, 1.165) is 5.56 Å². The minimum Gasteiger partial charge on any atom is -0.444 e. The Hall–Kier alpha value is -1.95. The quantitative estimate of drug-likeness (QED) is 0.820. The van der Waals surface area contributed by atoms with Crippen molar-refractivity contribution in [3.8, 4) is 0 Å². The molecule has 0 saturated carbocycles. The molecule has 0 spiro atoms. The van der Waals surface area contributed by atoms with Crippen LogP contribution >= 0.6 is 0 Å². The van der Waals surface area contributed by atoms with E-state index in [0.29, 0.717) is 0 Å². The second-order valence-corrected chi connectivity index (χ2v) is 5.93.